The maximum absolute atomic E-state index is 12.0. The third-order valence-corrected chi connectivity index (χ3v) is 4.01. The first-order valence-electron chi connectivity index (χ1n) is 5.21. The van der Waals surface area contributed by atoms with Crippen LogP contribution in [-0.2, 0) is 4.79 Å². The van der Waals surface area contributed by atoms with Crippen molar-refractivity contribution in [2.24, 2.45) is 0 Å². The SMILES string of the molecule is O=C(O)C1CSCN1C(=O)Nc1cccc(Br)c1. The van der Waals surface area contributed by atoms with Crippen molar-refractivity contribution in [3.05, 3.63) is 28.7 Å². The lowest BCUT2D eigenvalue weighted by molar-refractivity contribution is -0.140. The highest BCUT2D eigenvalue weighted by atomic mass is 79.9. The Balaban J connectivity index is 2.06. The first kappa shape index (κ1) is 13.2. The number of nitrogens with one attached hydrogen (secondary N) is 1. The fraction of sp³-hybridized carbons (Fsp3) is 0.273. The van der Waals surface area contributed by atoms with Gasteiger partial charge in [0.1, 0.15) is 6.04 Å². The van der Waals surface area contributed by atoms with E-state index in [9.17, 15) is 9.59 Å². The Hall–Kier alpha value is -1.21. The van der Waals surface area contributed by atoms with Gasteiger partial charge in [0.2, 0.25) is 0 Å². The van der Waals surface area contributed by atoms with Crippen molar-refractivity contribution in [2.45, 2.75) is 6.04 Å². The molecular formula is C11H11BrN2O3S. The summed E-state index contributed by atoms with van der Waals surface area (Å²) in [5, 5.41) is 11.7. The van der Waals surface area contributed by atoms with E-state index in [1.165, 1.54) is 16.7 Å². The van der Waals surface area contributed by atoms with E-state index in [2.05, 4.69) is 21.2 Å². The molecule has 18 heavy (non-hydrogen) atoms. The van der Waals surface area contributed by atoms with Crippen LogP contribution in [0.1, 0.15) is 0 Å². The van der Waals surface area contributed by atoms with E-state index in [4.69, 9.17) is 5.11 Å². The zero-order valence-electron chi connectivity index (χ0n) is 9.30. The van der Waals surface area contributed by atoms with E-state index in [-0.39, 0.29) is 6.03 Å². The van der Waals surface area contributed by atoms with Crippen LogP contribution in [0.2, 0.25) is 0 Å². The fourth-order valence-corrected chi connectivity index (χ4v) is 3.15. The number of carboxylic acid groups (broad SMARTS) is 1. The number of carbonyl (C=O) groups is 2. The molecule has 0 spiro atoms. The Kier molecular flexibility index (Phi) is 4.13. The van der Waals surface area contributed by atoms with Crippen LogP contribution in [0, 0.1) is 0 Å². The minimum atomic E-state index is -0.968. The Bertz CT molecular complexity index is 483. The van der Waals surface area contributed by atoms with Crippen LogP contribution in [0.4, 0.5) is 10.5 Å². The molecule has 7 heteroatoms. The summed E-state index contributed by atoms with van der Waals surface area (Å²) in [7, 11) is 0. The Labute approximate surface area is 117 Å². The molecule has 1 aromatic carbocycles. The minimum absolute atomic E-state index is 0.384. The summed E-state index contributed by atoms with van der Waals surface area (Å²) in [6.45, 7) is 0. The molecule has 2 amide bonds. The molecule has 1 aliphatic heterocycles. The number of benzene rings is 1. The van der Waals surface area contributed by atoms with Crippen LogP contribution in [0.5, 0.6) is 0 Å². The number of carbonyl (C=O) groups excluding carboxylic acids is 1. The molecule has 1 atom stereocenters. The summed E-state index contributed by atoms with van der Waals surface area (Å²) in [6, 6.07) is 6.03. The molecule has 0 bridgehead atoms. The standard InChI is InChI=1S/C11H11BrN2O3S/c12-7-2-1-3-8(4-7)13-11(17)14-6-18-5-9(14)10(15)16/h1-4,9H,5-6H2,(H,13,17)(H,15,16). The van der Waals surface area contributed by atoms with Gasteiger partial charge in [-0.25, -0.2) is 9.59 Å². The number of hydrogen-bond donors (Lipinski definition) is 2. The molecule has 2 N–H and O–H groups in total. The van der Waals surface area contributed by atoms with E-state index in [1.54, 1.807) is 18.2 Å². The second kappa shape index (κ2) is 5.62. The van der Waals surface area contributed by atoms with Gasteiger partial charge < -0.3 is 15.3 Å². The van der Waals surface area contributed by atoms with E-state index >= 15 is 0 Å². The van der Waals surface area contributed by atoms with Crippen LogP contribution >= 0.6 is 27.7 Å². The van der Waals surface area contributed by atoms with Gasteiger partial charge in [-0.3, -0.25) is 0 Å². The van der Waals surface area contributed by atoms with Gasteiger partial charge in [0.15, 0.2) is 0 Å². The number of rotatable bonds is 2. The van der Waals surface area contributed by atoms with Gasteiger partial charge in [-0.1, -0.05) is 22.0 Å². The molecule has 0 aliphatic carbocycles. The first-order valence-corrected chi connectivity index (χ1v) is 7.16. The lowest BCUT2D eigenvalue weighted by Crippen LogP contribution is -2.43. The first-order chi connectivity index (χ1) is 8.58. The highest BCUT2D eigenvalue weighted by Gasteiger charge is 2.34. The molecule has 1 aliphatic rings. The molecule has 0 saturated carbocycles. The average Bonchev–Trinajstić information content (AvgIpc) is 2.77. The molecule has 2 rings (SSSR count). The fourth-order valence-electron chi connectivity index (χ4n) is 1.61. The van der Waals surface area contributed by atoms with Crippen molar-refractivity contribution in [3.8, 4) is 0 Å². The van der Waals surface area contributed by atoms with E-state index < -0.39 is 12.0 Å². The summed E-state index contributed by atoms with van der Waals surface area (Å²) >= 11 is 4.74. The monoisotopic (exact) mass is 330 g/mol. The van der Waals surface area contributed by atoms with Crippen LogP contribution in [-0.4, -0.2) is 39.7 Å². The van der Waals surface area contributed by atoms with Gasteiger partial charge >= 0.3 is 12.0 Å². The minimum Gasteiger partial charge on any atom is -0.480 e. The van der Waals surface area contributed by atoms with Gasteiger partial charge in [-0.2, -0.15) is 0 Å². The third kappa shape index (κ3) is 2.97. The Morgan fingerprint density at radius 3 is 2.94 bits per heavy atom. The molecule has 1 saturated heterocycles. The molecule has 1 aromatic rings. The molecule has 96 valence electrons. The molecular weight excluding hydrogens is 320 g/mol. The maximum atomic E-state index is 12.0. The summed E-state index contributed by atoms with van der Waals surface area (Å²) in [5.41, 5.74) is 0.635. The Morgan fingerprint density at radius 1 is 1.50 bits per heavy atom. The largest absolute Gasteiger partial charge is 0.480 e. The summed E-state index contributed by atoms with van der Waals surface area (Å²) in [4.78, 5) is 24.3. The summed E-state index contributed by atoms with van der Waals surface area (Å²) in [5.74, 6) is -0.137. The molecule has 0 radical (unpaired) electrons. The third-order valence-electron chi connectivity index (χ3n) is 2.50. The number of urea groups is 1. The normalized spacial score (nSPS) is 18.7. The van der Waals surface area contributed by atoms with Crippen molar-refractivity contribution in [3.63, 3.8) is 0 Å². The summed E-state index contributed by atoms with van der Waals surface area (Å²) < 4.78 is 0.853. The van der Waals surface area contributed by atoms with Gasteiger partial charge in [0, 0.05) is 15.9 Å². The highest BCUT2D eigenvalue weighted by molar-refractivity contribution is 9.10. The number of halogens is 1. The van der Waals surface area contributed by atoms with E-state index in [0.29, 0.717) is 17.3 Å². The summed E-state index contributed by atoms with van der Waals surface area (Å²) in [6.07, 6.45) is 0. The lowest BCUT2D eigenvalue weighted by atomic mass is 10.3. The van der Waals surface area contributed by atoms with Crippen molar-refractivity contribution in [1.29, 1.82) is 0 Å². The maximum Gasteiger partial charge on any atom is 0.327 e. The van der Waals surface area contributed by atoms with Crippen LogP contribution in [0.3, 0.4) is 0 Å². The number of anilines is 1. The topological polar surface area (TPSA) is 69.6 Å². The number of aliphatic carboxylic acids is 1. The molecule has 1 unspecified atom stereocenters. The molecule has 5 nitrogen and oxygen atoms in total. The van der Waals surface area contributed by atoms with Crippen LogP contribution in [0.25, 0.3) is 0 Å². The van der Waals surface area contributed by atoms with Crippen molar-refractivity contribution in [2.75, 3.05) is 16.9 Å². The number of amides is 2. The smallest absolute Gasteiger partial charge is 0.327 e. The predicted octanol–water partition coefficient (Wildman–Crippen LogP) is 2.44. The number of thioether (sulfide) groups is 1. The lowest BCUT2D eigenvalue weighted by Gasteiger charge is -2.20. The molecule has 1 heterocycles. The van der Waals surface area contributed by atoms with Crippen LogP contribution in [0.15, 0.2) is 28.7 Å². The van der Waals surface area contributed by atoms with Crippen LogP contribution < -0.4 is 5.32 Å². The second-order valence-corrected chi connectivity index (χ2v) is 5.68. The van der Waals surface area contributed by atoms with Gasteiger partial charge in [0.05, 0.1) is 5.88 Å². The average molecular weight is 331 g/mol. The Morgan fingerprint density at radius 2 is 2.28 bits per heavy atom. The van der Waals surface area contributed by atoms with Gasteiger partial charge in [-0.15, -0.1) is 11.8 Å². The zero-order chi connectivity index (χ0) is 13.1. The van der Waals surface area contributed by atoms with Crippen molar-refractivity contribution < 1.29 is 14.7 Å². The quantitative estimate of drug-likeness (QED) is 0.873. The van der Waals surface area contributed by atoms with Crippen molar-refractivity contribution >= 4 is 45.4 Å². The number of nitrogens with zero attached hydrogens (tertiary/aromatic N) is 1. The zero-order valence-corrected chi connectivity index (χ0v) is 11.7. The highest BCUT2D eigenvalue weighted by Crippen LogP contribution is 2.23. The van der Waals surface area contributed by atoms with Gasteiger partial charge in [0.25, 0.3) is 0 Å². The van der Waals surface area contributed by atoms with E-state index in [0.717, 1.165) is 4.47 Å². The second-order valence-electron chi connectivity index (χ2n) is 3.76. The molecule has 0 aromatic heterocycles. The van der Waals surface area contributed by atoms with Crippen molar-refractivity contribution in [1.82, 2.24) is 4.90 Å². The number of hydrogen-bond acceptors (Lipinski definition) is 3. The number of carboxylic acids is 1. The molecule has 1 fully saturated rings. The predicted molar refractivity (Wildman–Crippen MR) is 73.7 cm³/mol. The van der Waals surface area contributed by atoms with E-state index in [1.807, 2.05) is 6.07 Å². The van der Waals surface area contributed by atoms with Gasteiger partial charge in [-0.05, 0) is 18.2 Å².